The normalized spacial score (nSPS) is 8.89. The van der Waals surface area contributed by atoms with Gasteiger partial charge in [-0.25, -0.2) is 6.57 Å². The predicted octanol–water partition coefficient (Wildman–Crippen LogP) is 0.234. The number of aryl methyl sites for hydroxylation is 1. The third kappa shape index (κ3) is 1.26. The third-order valence-electron chi connectivity index (χ3n) is 0.891. The van der Waals surface area contributed by atoms with E-state index in [4.69, 9.17) is 6.57 Å². The van der Waals surface area contributed by atoms with E-state index in [1.807, 2.05) is 0 Å². The Morgan fingerprint density at radius 3 is 3.11 bits per heavy atom. The lowest BCUT2D eigenvalue weighted by atomic mass is 10.5. The van der Waals surface area contributed by atoms with Crippen molar-refractivity contribution in [3.05, 3.63) is 23.3 Å². The van der Waals surface area contributed by atoms with Crippen LogP contribution in [0, 0.1) is 6.57 Å². The Kier molecular flexibility index (Phi) is 1.45. The third-order valence-corrected chi connectivity index (χ3v) is 0.891. The van der Waals surface area contributed by atoms with E-state index in [1.165, 1.54) is 0 Å². The van der Waals surface area contributed by atoms with Crippen molar-refractivity contribution in [3.8, 4) is 0 Å². The van der Waals surface area contributed by atoms with Crippen LogP contribution in [0.25, 0.3) is 4.85 Å². The van der Waals surface area contributed by atoms with E-state index in [0.717, 1.165) is 5.69 Å². The molecule has 0 saturated carbocycles. The Hall–Kier alpha value is -1.37. The summed E-state index contributed by atoms with van der Waals surface area (Å²) >= 11 is 0. The first-order chi connectivity index (χ1) is 4.33. The lowest BCUT2D eigenvalue weighted by molar-refractivity contribution is 0.713. The molecule has 1 rings (SSSR count). The minimum Gasteiger partial charge on any atom is -0.310 e. The van der Waals surface area contributed by atoms with Gasteiger partial charge in [0.25, 0.3) is 6.54 Å². The maximum atomic E-state index is 6.50. The quantitative estimate of drug-likeness (QED) is 0.500. The molecule has 0 saturated heterocycles. The fraction of sp³-hybridized carbons (Fsp3) is 0.400. The monoisotopic (exact) mass is 122 g/mol. The van der Waals surface area contributed by atoms with Gasteiger partial charge in [-0.05, 0) is 0 Å². The minimum absolute atomic E-state index is 0.327. The molecule has 0 aliphatic rings. The summed E-state index contributed by atoms with van der Waals surface area (Å²) in [7, 11) is 1.78. The van der Waals surface area contributed by atoms with Gasteiger partial charge in [0.1, 0.15) is 0 Å². The molecular weight excluding hydrogens is 116 g/mol. The van der Waals surface area contributed by atoms with Crippen LogP contribution >= 0.6 is 0 Å². The number of nitrogens with zero attached hydrogens (tertiary/aromatic N) is 4. The predicted molar refractivity (Wildman–Crippen MR) is 31.3 cm³/mol. The molecule has 0 atom stereocenters. The van der Waals surface area contributed by atoms with Crippen LogP contribution in [-0.2, 0) is 13.6 Å². The molecule has 0 aliphatic carbocycles. The highest BCUT2D eigenvalue weighted by Gasteiger charge is 1.97. The first-order valence-electron chi connectivity index (χ1n) is 2.51. The van der Waals surface area contributed by atoms with Crippen molar-refractivity contribution in [1.82, 2.24) is 15.0 Å². The summed E-state index contributed by atoms with van der Waals surface area (Å²) in [6, 6.07) is 0. The van der Waals surface area contributed by atoms with Crippen LogP contribution in [0.1, 0.15) is 5.69 Å². The van der Waals surface area contributed by atoms with Crippen LogP contribution in [-0.4, -0.2) is 15.0 Å². The van der Waals surface area contributed by atoms with E-state index in [2.05, 4.69) is 15.2 Å². The zero-order valence-corrected chi connectivity index (χ0v) is 5.07. The summed E-state index contributed by atoms with van der Waals surface area (Å²) in [5.41, 5.74) is 0.729. The van der Waals surface area contributed by atoms with Crippen LogP contribution in [0.5, 0.6) is 0 Å². The molecule has 4 nitrogen and oxygen atoms in total. The van der Waals surface area contributed by atoms with E-state index < -0.39 is 0 Å². The summed E-state index contributed by atoms with van der Waals surface area (Å²) in [6.07, 6.45) is 1.73. The molecule has 0 fully saturated rings. The van der Waals surface area contributed by atoms with Crippen molar-refractivity contribution in [2.45, 2.75) is 6.54 Å². The van der Waals surface area contributed by atoms with Gasteiger partial charge < -0.3 is 4.85 Å². The van der Waals surface area contributed by atoms with Gasteiger partial charge in [0.2, 0.25) is 0 Å². The average molecular weight is 122 g/mol. The molecular formula is C5H6N4. The van der Waals surface area contributed by atoms with E-state index in [1.54, 1.807) is 17.9 Å². The van der Waals surface area contributed by atoms with Crippen molar-refractivity contribution < 1.29 is 0 Å². The topological polar surface area (TPSA) is 35.1 Å². The van der Waals surface area contributed by atoms with Crippen LogP contribution < -0.4 is 0 Å². The summed E-state index contributed by atoms with van der Waals surface area (Å²) < 4.78 is 1.58. The zero-order chi connectivity index (χ0) is 6.69. The fourth-order valence-electron chi connectivity index (χ4n) is 0.549. The largest absolute Gasteiger partial charge is 0.310 e. The number of hydrogen-bond acceptors (Lipinski definition) is 2. The molecule has 1 aromatic heterocycles. The summed E-state index contributed by atoms with van der Waals surface area (Å²) in [4.78, 5) is 3.15. The first-order valence-corrected chi connectivity index (χ1v) is 2.51. The fourth-order valence-corrected chi connectivity index (χ4v) is 0.549. The standard InChI is InChI=1S/C5H6N4/c1-6-3-5-4-9(2)8-7-5/h4H,3H2,2H3. The lowest BCUT2D eigenvalue weighted by Gasteiger charge is -1.76. The SMILES string of the molecule is [C-]#[N+]Cc1cn(C)nn1. The van der Waals surface area contributed by atoms with E-state index in [9.17, 15) is 0 Å². The van der Waals surface area contributed by atoms with Gasteiger partial charge in [-0.2, -0.15) is 0 Å². The molecule has 0 aliphatic heterocycles. The minimum atomic E-state index is 0.327. The molecule has 4 heteroatoms. The van der Waals surface area contributed by atoms with Crippen molar-refractivity contribution >= 4 is 0 Å². The molecule has 0 unspecified atom stereocenters. The van der Waals surface area contributed by atoms with Crippen LogP contribution in [0.3, 0.4) is 0 Å². The number of hydrogen-bond donors (Lipinski definition) is 0. The van der Waals surface area contributed by atoms with Crippen LogP contribution in [0.2, 0.25) is 0 Å². The smallest absolute Gasteiger partial charge is 0.259 e. The van der Waals surface area contributed by atoms with Crippen molar-refractivity contribution in [3.63, 3.8) is 0 Å². The van der Waals surface area contributed by atoms with E-state index >= 15 is 0 Å². The molecule has 0 aromatic carbocycles. The molecule has 0 spiro atoms. The molecule has 9 heavy (non-hydrogen) atoms. The van der Waals surface area contributed by atoms with Crippen LogP contribution in [0.15, 0.2) is 6.20 Å². The lowest BCUT2D eigenvalue weighted by Crippen LogP contribution is -1.85. The van der Waals surface area contributed by atoms with Gasteiger partial charge in [0, 0.05) is 7.05 Å². The summed E-state index contributed by atoms with van der Waals surface area (Å²) in [5, 5.41) is 7.36. The maximum absolute atomic E-state index is 6.50. The van der Waals surface area contributed by atoms with Crippen molar-refractivity contribution in [2.75, 3.05) is 0 Å². The highest BCUT2D eigenvalue weighted by molar-refractivity contribution is 4.94. The van der Waals surface area contributed by atoms with E-state index in [0.29, 0.717) is 6.54 Å². The molecule has 0 radical (unpaired) electrons. The Labute approximate surface area is 52.9 Å². The number of rotatable bonds is 1. The highest BCUT2D eigenvalue weighted by Crippen LogP contribution is 1.91. The Bertz CT molecular complexity index is 231. The molecule has 1 heterocycles. The van der Waals surface area contributed by atoms with Gasteiger partial charge in [-0.15, -0.1) is 5.10 Å². The average Bonchev–Trinajstić information content (AvgIpc) is 2.17. The van der Waals surface area contributed by atoms with Gasteiger partial charge in [-0.1, -0.05) is 5.21 Å². The van der Waals surface area contributed by atoms with Crippen molar-refractivity contribution in [1.29, 1.82) is 0 Å². The molecule has 1 aromatic rings. The summed E-state index contributed by atoms with van der Waals surface area (Å²) in [6.45, 7) is 6.82. The highest BCUT2D eigenvalue weighted by atomic mass is 15.4. The second-order valence-electron chi connectivity index (χ2n) is 1.70. The maximum Gasteiger partial charge on any atom is 0.259 e. The second-order valence-corrected chi connectivity index (χ2v) is 1.70. The van der Waals surface area contributed by atoms with Crippen molar-refractivity contribution in [2.24, 2.45) is 7.05 Å². The van der Waals surface area contributed by atoms with Gasteiger partial charge in [0.15, 0.2) is 5.69 Å². The molecule has 0 amide bonds. The molecule has 0 bridgehead atoms. The molecule has 0 N–H and O–H groups in total. The van der Waals surface area contributed by atoms with E-state index in [-0.39, 0.29) is 0 Å². The Balaban J connectivity index is 2.76. The zero-order valence-electron chi connectivity index (χ0n) is 5.07. The molecule has 46 valence electrons. The van der Waals surface area contributed by atoms with Gasteiger partial charge in [-0.3, -0.25) is 4.68 Å². The Morgan fingerprint density at radius 2 is 2.67 bits per heavy atom. The first kappa shape index (κ1) is 5.76. The second kappa shape index (κ2) is 2.27. The number of aromatic nitrogens is 3. The van der Waals surface area contributed by atoms with Gasteiger partial charge >= 0.3 is 0 Å². The van der Waals surface area contributed by atoms with Crippen LogP contribution in [0.4, 0.5) is 0 Å². The van der Waals surface area contributed by atoms with Gasteiger partial charge in [0.05, 0.1) is 6.20 Å². The summed E-state index contributed by atoms with van der Waals surface area (Å²) in [5.74, 6) is 0. The Morgan fingerprint density at radius 1 is 1.89 bits per heavy atom.